The number of rotatable bonds is 8. The Hall–Kier alpha value is -3.73. The molecule has 0 radical (unpaired) electrons. The summed E-state index contributed by atoms with van der Waals surface area (Å²) < 4.78 is 48.4. The van der Waals surface area contributed by atoms with Gasteiger partial charge < -0.3 is 15.4 Å². The first-order chi connectivity index (χ1) is 18.4. The van der Waals surface area contributed by atoms with Crippen LogP contribution in [-0.4, -0.2) is 43.0 Å². The van der Waals surface area contributed by atoms with Gasteiger partial charge >= 0.3 is 0 Å². The molecule has 1 aromatic carbocycles. The molecule has 3 heterocycles. The van der Waals surface area contributed by atoms with E-state index in [4.69, 9.17) is 15.5 Å². The summed E-state index contributed by atoms with van der Waals surface area (Å²) >= 11 is 0. The smallest absolute Gasteiger partial charge is 0.281 e. The van der Waals surface area contributed by atoms with Crippen LogP contribution in [0, 0.1) is 18.7 Å². The van der Waals surface area contributed by atoms with E-state index in [1.807, 2.05) is 32.6 Å². The van der Waals surface area contributed by atoms with Crippen molar-refractivity contribution >= 4 is 27.6 Å². The summed E-state index contributed by atoms with van der Waals surface area (Å²) in [5, 5.41) is -0.365. The lowest BCUT2D eigenvalue weighted by atomic mass is 10.0. The van der Waals surface area contributed by atoms with Crippen LogP contribution in [-0.2, 0) is 10.0 Å². The molecule has 0 spiro atoms. The number of halogens is 1. The molecule has 4 rings (SSSR count). The van der Waals surface area contributed by atoms with Crippen molar-refractivity contribution in [3.8, 4) is 17.0 Å². The number of hydrogen-bond acceptors (Lipinski definition) is 8. The molecule has 1 fully saturated rings. The highest BCUT2D eigenvalue weighted by Crippen LogP contribution is 2.36. The number of aromatic nitrogens is 2. The number of pyridine rings is 2. The van der Waals surface area contributed by atoms with Gasteiger partial charge in [0.25, 0.3) is 15.9 Å². The number of nitrogens with one attached hydrogen (secondary N) is 1. The van der Waals surface area contributed by atoms with Gasteiger partial charge in [0, 0.05) is 23.7 Å². The van der Waals surface area contributed by atoms with E-state index in [1.165, 1.54) is 30.3 Å². The van der Waals surface area contributed by atoms with Crippen LogP contribution in [0.4, 0.5) is 16.0 Å². The second kappa shape index (κ2) is 11.2. The molecular formula is C28H34FN5O4S. The van der Waals surface area contributed by atoms with Crippen molar-refractivity contribution in [2.45, 2.75) is 64.6 Å². The Balaban J connectivity index is 1.80. The average molecular weight is 556 g/mol. The monoisotopic (exact) mass is 555 g/mol. The molecule has 39 heavy (non-hydrogen) atoms. The third kappa shape index (κ3) is 6.30. The van der Waals surface area contributed by atoms with Crippen LogP contribution in [0.3, 0.4) is 0 Å². The van der Waals surface area contributed by atoms with E-state index in [2.05, 4.69) is 9.71 Å². The van der Waals surface area contributed by atoms with Gasteiger partial charge in [-0.1, -0.05) is 19.9 Å². The lowest BCUT2D eigenvalue weighted by Gasteiger charge is -2.30. The van der Waals surface area contributed by atoms with Crippen molar-refractivity contribution in [1.82, 2.24) is 14.7 Å². The summed E-state index contributed by atoms with van der Waals surface area (Å²) in [7, 11) is -4.30. The largest absolute Gasteiger partial charge is 0.493 e. The SMILES string of the molecule is Cc1cc(C(=O)NS(=O)(=O)c2cccc(N)n2)c(N2[C@H](C)CC[C@@H]2C)nc1-c1cc(F)cc(OCC(C)C)c1. The van der Waals surface area contributed by atoms with Gasteiger partial charge in [-0.05, 0) is 75.4 Å². The highest BCUT2D eigenvalue weighted by molar-refractivity contribution is 7.90. The third-order valence-electron chi connectivity index (χ3n) is 6.61. The highest BCUT2D eigenvalue weighted by Gasteiger charge is 2.33. The van der Waals surface area contributed by atoms with Gasteiger partial charge in [-0.15, -0.1) is 0 Å². The lowest BCUT2D eigenvalue weighted by molar-refractivity contribution is 0.0981. The predicted molar refractivity (Wildman–Crippen MR) is 149 cm³/mol. The van der Waals surface area contributed by atoms with Crippen molar-refractivity contribution in [2.75, 3.05) is 17.2 Å². The van der Waals surface area contributed by atoms with Crippen LogP contribution in [0.5, 0.6) is 5.75 Å². The van der Waals surface area contributed by atoms with Crippen molar-refractivity contribution in [3.05, 3.63) is 59.4 Å². The summed E-state index contributed by atoms with van der Waals surface area (Å²) in [6.45, 7) is 10.2. The Labute approximate surface area is 228 Å². The summed E-state index contributed by atoms with van der Waals surface area (Å²) in [5.74, 6) is -0.332. The fraction of sp³-hybridized carbons (Fsp3) is 0.393. The van der Waals surface area contributed by atoms with Crippen molar-refractivity contribution in [3.63, 3.8) is 0 Å². The van der Waals surface area contributed by atoms with Crippen LogP contribution in [0.25, 0.3) is 11.3 Å². The predicted octanol–water partition coefficient (Wildman–Crippen LogP) is 4.70. The number of amides is 1. The summed E-state index contributed by atoms with van der Waals surface area (Å²) in [5.41, 5.74) is 7.28. The normalized spacial score (nSPS) is 17.5. The van der Waals surface area contributed by atoms with E-state index in [0.717, 1.165) is 12.8 Å². The van der Waals surface area contributed by atoms with Gasteiger partial charge in [-0.2, -0.15) is 8.42 Å². The molecule has 1 aliphatic heterocycles. The van der Waals surface area contributed by atoms with Crippen LogP contribution in [0.2, 0.25) is 0 Å². The minimum Gasteiger partial charge on any atom is -0.493 e. The zero-order chi connectivity index (χ0) is 28.5. The third-order valence-corrected chi connectivity index (χ3v) is 7.84. The molecule has 3 aromatic rings. The number of carbonyl (C=O) groups excluding carboxylic acids is 1. The summed E-state index contributed by atoms with van der Waals surface area (Å²) in [4.78, 5) is 24.2. The molecule has 0 aliphatic carbocycles. The molecule has 11 heteroatoms. The number of hydrogen-bond donors (Lipinski definition) is 2. The Bertz CT molecular complexity index is 1490. The van der Waals surface area contributed by atoms with Crippen LogP contribution >= 0.6 is 0 Å². The number of anilines is 2. The van der Waals surface area contributed by atoms with Crippen molar-refractivity contribution in [1.29, 1.82) is 0 Å². The van der Waals surface area contributed by atoms with E-state index in [0.29, 0.717) is 35.0 Å². The fourth-order valence-electron chi connectivity index (χ4n) is 4.73. The number of ether oxygens (including phenoxy) is 1. The molecule has 1 aliphatic rings. The number of nitrogens with zero attached hydrogens (tertiary/aromatic N) is 3. The first kappa shape index (κ1) is 28.3. The number of benzene rings is 1. The standard InChI is InChI=1S/C28H34FN5O4S/c1-16(2)15-38-22-13-20(12-21(29)14-22)26-17(3)11-23(27(32-26)34-18(4)9-10-19(34)5)28(35)33-39(36,37)25-8-6-7-24(30)31-25/h6-8,11-14,16,18-19H,9-10,15H2,1-5H3,(H2,30,31)(H,33,35)/t18-,19+. The molecule has 0 bridgehead atoms. The number of nitrogens with two attached hydrogens (primary N) is 1. The van der Waals surface area contributed by atoms with E-state index >= 15 is 0 Å². The topological polar surface area (TPSA) is 128 Å². The highest BCUT2D eigenvalue weighted by atomic mass is 32.2. The molecule has 9 nitrogen and oxygen atoms in total. The number of sulfonamides is 1. The minimum atomic E-state index is -4.30. The summed E-state index contributed by atoms with van der Waals surface area (Å²) in [6.07, 6.45) is 1.76. The summed E-state index contributed by atoms with van der Waals surface area (Å²) in [6, 6.07) is 10.3. The van der Waals surface area contributed by atoms with Crippen molar-refractivity contribution < 1.29 is 22.3 Å². The molecule has 0 unspecified atom stereocenters. The first-order valence-electron chi connectivity index (χ1n) is 12.9. The van der Waals surface area contributed by atoms with Gasteiger partial charge in [-0.25, -0.2) is 19.1 Å². The Morgan fingerprint density at radius 1 is 1.15 bits per heavy atom. The number of carbonyl (C=O) groups is 1. The fourth-order valence-corrected chi connectivity index (χ4v) is 5.67. The van der Waals surface area contributed by atoms with Crippen LogP contribution in [0.15, 0.2) is 47.5 Å². The molecule has 1 saturated heterocycles. The number of aryl methyl sites for hydroxylation is 1. The van der Waals surface area contributed by atoms with E-state index in [1.54, 1.807) is 19.1 Å². The lowest BCUT2D eigenvalue weighted by Crippen LogP contribution is -2.37. The van der Waals surface area contributed by atoms with Gasteiger partial charge in [0.05, 0.1) is 17.9 Å². The van der Waals surface area contributed by atoms with Gasteiger partial charge in [-0.3, -0.25) is 4.79 Å². The van der Waals surface area contributed by atoms with Gasteiger partial charge in [0.2, 0.25) is 0 Å². The molecule has 0 saturated carbocycles. The molecular weight excluding hydrogens is 521 g/mol. The zero-order valence-electron chi connectivity index (χ0n) is 22.7. The van der Waals surface area contributed by atoms with E-state index < -0.39 is 21.7 Å². The van der Waals surface area contributed by atoms with E-state index in [-0.39, 0.29) is 34.4 Å². The maximum Gasteiger partial charge on any atom is 0.281 e. The first-order valence-corrected chi connectivity index (χ1v) is 14.4. The second-order valence-corrected chi connectivity index (χ2v) is 12.1. The molecule has 208 valence electrons. The quantitative estimate of drug-likeness (QED) is 0.409. The van der Waals surface area contributed by atoms with Gasteiger partial charge in [0.1, 0.15) is 23.2 Å². The molecule has 2 atom stereocenters. The second-order valence-electron chi connectivity index (χ2n) is 10.4. The molecule has 3 N–H and O–H groups in total. The Kier molecular flexibility index (Phi) is 8.10. The number of nitrogen functional groups attached to an aromatic ring is 1. The van der Waals surface area contributed by atoms with Crippen LogP contribution < -0.4 is 20.1 Å². The van der Waals surface area contributed by atoms with Crippen LogP contribution in [0.1, 0.15) is 56.5 Å². The Morgan fingerprint density at radius 2 is 1.85 bits per heavy atom. The zero-order valence-corrected chi connectivity index (χ0v) is 23.5. The average Bonchev–Trinajstić information content (AvgIpc) is 3.19. The Morgan fingerprint density at radius 3 is 2.49 bits per heavy atom. The van der Waals surface area contributed by atoms with Crippen molar-refractivity contribution in [2.24, 2.45) is 5.92 Å². The maximum absolute atomic E-state index is 14.6. The van der Waals surface area contributed by atoms with E-state index in [9.17, 15) is 17.6 Å². The maximum atomic E-state index is 14.6. The molecule has 2 aromatic heterocycles. The van der Waals surface area contributed by atoms with Gasteiger partial charge in [0.15, 0.2) is 5.03 Å². The molecule has 1 amide bonds. The minimum absolute atomic E-state index is 0.0134.